The molecule has 0 saturated heterocycles. The lowest BCUT2D eigenvalue weighted by Gasteiger charge is -2.13. The molecule has 0 aromatic carbocycles. The van der Waals surface area contributed by atoms with Crippen LogP contribution in [0.4, 0.5) is 11.5 Å². The number of hydrogen-bond donors (Lipinski definition) is 1. The summed E-state index contributed by atoms with van der Waals surface area (Å²) in [4.78, 5) is 13.7. The second kappa shape index (κ2) is 4.08. The minimum absolute atomic E-state index is 0.109. The maximum atomic E-state index is 10.4. The van der Waals surface area contributed by atoms with E-state index in [1.54, 1.807) is 6.07 Å². The number of nitrogens with zero attached hydrogens (tertiary/aromatic N) is 2. The van der Waals surface area contributed by atoms with Crippen LogP contribution < -0.4 is 5.32 Å². The minimum Gasteiger partial charge on any atom is -0.381 e. The standard InChI is InChI=1S/C11H15N3O2/c1-2-11(5-6-11)8-13-9-3-4-10(12-7-9)14(15)16/h3-4,7,13H,2,5-6,8H2,1H3. The van der Waals surface area contributed by atoms with Crippen molar-refractivity contribution in [1.82, 2.24) is 4.98 Å². The van der Waals surface area contributed by atoms with Crippen molar-refractivity contribution in [3.63, 3.8) is 0 Å². The van der Waals surface area contributed by atoms with E-state index in [1.807, 2.05) is 0 Å². The third-order valence-corrected chi connectivity index (χ3v) is 3.31. The van der Waals surface area contributed by atoms with Crippen molar-refractivity contribution in [3.8, 4) is 0 Å². The van der Waals surface area contributed by atoms with Crippen LogP contribution in [0.15, 0.2) is 18.3 Å². The predicted molar refractivity (Wildman–Crippen MR) is 61.3 cm³/mol. The van der Waals surface area contributed by atoms with E-state index < -0.39 is 4.92 Å². The zero-order chi connectivity index (χ0) is 11.6. The number of nitrogens with one attached hydrogen (secondary N) is 1. The molecule has 86 valence electrons. The maximum Gasteiger partial charge on any atom is 0.363 e. The fraction of sp³-hybridized carbons (Fsp3) is 0.545. The summed E-state index contributed by atoms with van der Waals surface area (Å²) in [6.07, 6.45) is 5.25. The van der Waals surface area contributed by atoms with Crippen molar-refractivity contribution in [2.24, 2.45) is 5.41 Å². The van der Waals surface area contributed by atoms with Crippen LogP contribution >= 0.6 is 0 Å². The first-order valence-electron chi connectivity index (χ1n) is 5.49. The predicted octanol–water partition coefficient (Wildman–Crippen LogP) is 2.59. The first kappa shape index (κ1) is 10.9. The zero-order valence-electron chi connectivity index (χ0n) is 9.27. The molecule has 0 amide bonds. The average molecular weight is 221 g/mol. The van der Waals surface area contributed by atoms with Gasteiger partial charge in [0, 0.05) is 12.6 Å². The second-order valence-corrected chi connectivity index (χ2v) is 4.37. The van der Waals surface area contributed by atoms with Crippen molar-refractivity contribution >= 4 is 11.5 Å². The summed E-state index contributed by atoms with van der Waals surface area (Å²) >= 11 is 0. The fourth-order valence-electron chi connectivity index (χ4n) is 1.72. The van der Waals surface area contributed by atoms with Crippen molar-refractivity contribution in [2.75, 3.05) is 11.9 Å². The SMILES string of the molecule is CCC1(CNc2ccc([N+](=O)[O-])nc2)CC1. The minimum atomic E-state index is -0.488. The number of pyridine rings is 1. The molecule has 5 nitrogen and oxygen atoms in total. The molecule has 1 fully saturated rings. The van der Waals surface area contributed by atoms with Crippen LogP contribution in [0.3, 0.4) is 0 Å². The van der Waals surface area contributed by atoms with E-state index >= 15 is 0 Å². The van der Waals surface area contributed by atoms with Crippen LogP contribution in [0.1, 0.15) is 26.2 Å². The largest absolute Gasteiger partial charge is 0.381 e. The zero-order valence-corrected chi connectivity index (χ0v) is 9.27. The average Bonchev–Trinajstić information content (AvgIpc) is 3.08. The van der Waals surface area contributed by atoms with Gasteiger partial charge >= 0.3 is 5.82 Å². The van der Waals surface area contributed by atoms with Gasteiger partial charge in [-0.25, -0.2) is 0 Å². The van der Waals surface area contributed by atoms with Crippen LogP contribution in [-0.2, 0) is 0 Å². The van der Waals surface area contributed by atoms with Crippen LogP contribution in [-0.4, -0.2) is 16.5 Å². The molecule has 1 saturated carbocycles. The Kier molecular flexibility index (Phi) is 2.77. The highest BCUT2D eigenvalue weighted by Gasteiger charge is 2.40. The van der Waals surface area contributed by atoms with Gasteiger partial charge in [-0.3, -0.25) is 0 Å². The van der Waals surface area contributed by atoms with Crippen LogP contribution in [0.5, 0.6) is 0 Å². The van der Waals surface area contributed by atoms with Gasteiger partial charge in [0.1, 0.15) is 0 Å². The fourth-order valence-corrected chi connectivity index (χ4v) is 1.72. The lowest BCUT2D eigenvalue weighted by Crippen LogP contribution is -2.14. The molecule has 0 spiro atoms. The summed E-state index contributed by atoms with van der Waals surface area (Å²) < 4.78 is 0. The Hall–Kier alpha value is -1.65. The van der Waals surface area contributed by atoms with Crippen molar-refractivity contribution < 1.29 is 4.92 Å². The van der Waals surface area contributed by atoms with E-state index in [9.17, 15) is 10.1 Å². The second-order valence-electron chi connectivity index (χ2n) is 4.37. The summed E-state index contributed by atoms with van der Waals surface area (Å²) in [7, 11) is 0. The highest BCUT2D eigenvalue weighted by molar-refractivity contribution is 5.43. The number of nitro groups is 1. The smallest absolute Gasteiger partial charge is 0.363 e. The molecule has 1 aromatic heterocycles. The Labute approximate surface area is 94.0 Å². The molecule has 1 aliphatic carbocycles. The quantitative estimate of drug-likeness (QED) is 0.613. The van der Waals surface area contributed by atoms with Crippen molar-refractivity contribution in [3.05, 3.63) is 28.4 Å². The highest BCUT2D eigenvalue weighted by atomic mass is 16.6. The van der Waals surface area contributed by atoms with Crippen LogP contribution in [0, 0.1) is 15.5 Å². The molecule has 0 radical (unpaired) electrons. The molecule has 5 heteroatoms. The lowest BCUT2D eigenvalue weighted by molar-refractivity contribution is -0.389. The Balaban J connectivity index is 1.93. The topological polar surface area (TPSA) is 68.1 Å². The van der Waals surface area contributed by atoms with Gasteiger partial charge in [0.15, 0.2) is 6.20 Å². The molecule has 0 unspecified atom stereocenters. The molecule has 2 rings (SSSR count). The summed E-state index contributed by atoms with van der Waals surface area (Å²) in [5.74, 6) is -0.109. The van der Waals surface area contributed by atoms with Gasteiger partial charge in [-0.1, -0.05) is 6.92 Å². The first-order valence-corrected chi connectivity index (χ1v) is 5.49. The third-order valence-electron chi connectivity index (χ3n) is 3.31. The number of rotatable bonds is 5. The molecule has 0 aliphatic heterocycles. The normalized spacial score (nSPS) is 16.8. The Morgan fingerprint density at radius 1 is 1.56 bits per heavy atom. The Morgan fingerprint density at radius 3 is 2.75 bits per heavy atom. The van der Waals surface area contributed by atoms with E-state index in [4.69, 9.17) is 0 Å². The summed E-state index contributed by atoms with van der Waals surface area (Å²) in [5, 5.41) is 13.7. The van der Waals surface area contributed by atoms with Crippen molar-refractivity contribution in [1.29, 1.82) is 0 Å². The van der Waals surface area contributed by atoms with Gasteiger partial charge in [-0.15, -0.1) is 0 Å². The van der Waals surface area contributed by atoms with Crippen LogP contribution in [0.2, 0.25) is 0 Å². The van der Waals surface area contributed by atoms with E-state index in [2.05, 4.69) is 17.2 Å². The van der Waals surface area contributed by atoms with E-state index in [-0.39, 0.29) is 5.82 Å². The molecular formula is C11H15N3O2. The molecule has 1 aromatic rings. The molecule has 0 bridgehead atoms. The van der Waals surface area contributed by atoms with E-state index in [0.29, 0.717) is 5.41 Å². The van der Waals surface area contributed by atoms with Gasteiger partial charge in [0.05, 0.1) is 5.69 Å². The number of aromatic nitrogens is 1. The van der Waals surface area contributed by atoms with Gasteiger partial charge in [0.2, 0.25) is 0 Å². The van der Waals surface area contributed by atoms with Gasteiger partial charge in [-0.2, -0.15) is 0 Å². The molecule has 16 heavy (non-hydrogen) atoms. The Morgan fingerprint density at radius 2 is 2.31 bits per heavy atom. The highest BCUT2D eigenvalue weighted by Crippen LogP contribution is 2.48. The number of anilines is 1. The molecule has 1 aliphatic rings. The maximum absolute atomic E-state index is 10.4. The lowest BCUT2D eigenvalue weighted by atomic mass is 10.0. The summed E-state index contributed by atoms with van der Waals surface area (Å²) in [5.41, 5.74) is 1.31. The summed E-state index contributed by atoms with van der Waals surface area (Å²) in [6, 6.07) is 3.13. The van der Waals surface area contributed by atoms with Gasteiger partial charge in [0.25, 0.3) is 0 Å². The molecule has 1 N–H and O–H groups in total. The number of hydrogen-bond acceptors (Lipinski definition) is 4. The van der Waals surface area contributed by atoms with Gasteiger partial charge in [-0.05, 0) is 40.7 Å². The molecule has 1 heterocycles. The monoisotopic (exact) mass is 221 g/mol. The first-order chi connectivity index (χ1) is 7.65. The van der Waals surface area contributed by atoms with E-state index in [1.165, 1.54) is 31.5 Å². The molecule has 0 atom stereocenters. The van der Waals surface area contributed by atoms with E-state index in [0.717, 1.165) is 12.2 Å². The Bertz CT molecular complexity index is 385. The van der Waals surface area contributed by atoms with Crippen molar-refractivity contribution in [2.45, 2.75) is 26.2 Å². The summed E-state index contributed by atoms with van der Waals surface area (Å²) in [6.45, 7) is 3.13. The van der Waals surface area contributed by atoms with Crippen LogP contribution in [0.25, 0.3) is 0 Å². The molecular weight excluding hydrogens is 206 g/mol. The van der Waals surface area contributed by atoms with Gasteiger partial charge < -0.3 is 15.4 Å². The third kappa shape index (κ3) is 2.29.